The van der Waals surface area contributed by atoms with Gasteiger partial charge in [0.1, 0.15) is 11.2 Å². The van der Waals surface area contributed by atoms with Gasteiger partial charge in [0.15, 0.2) is 0 Å². The van der Waals surface area contributed by atoms with Crippen LogP contribution in [0.3, 0.4) is 0 Å². The number of carbonyl (C=O) groups excluding carboxylic acids is 2. The molecule has 7 heteroatoms. The summed E-state index contributed by atoms with van der Waals surface area (Å²) in [5.41, 5.74) is 1.22. The zero-order valence-corrected chi connectivity index (χ0v) is 19.3. The van der Waals surface area contributed by atoms with Crippen molar-refractivity contribution in [3.8, 4) is 0 Å². The SMILES string of the molecule is CC(C)(C)OC(=O)Nc1ccc(C(C)(C)C)c(NC(=O)c2c[nH]c3ccccc3c2=O)c1. The van der Waals surface area contributed by atoms with Gasteiger partial charge < -0.3 is 15.0 Å². The summed E-state index contributed by atoms with van der Waals surface area (Å²) in [5, 5.41) is 5.98. The first-order valence-corrected chi connectivity index (χ1v) is 10.4. The number of fused-ring (bicyclic) bond motifs is 1. The molecule has 0 spiro atoms. The number of aromatic amines is 1. The molecule has 168 valence electrons. The summed E-state index contributed by atoms with van der Waals surface area (Å²) in [6, 6.07) is 12.3. The van der Waals surface area contributed by atoms with Gasteiger partial charge >= 0.3 is 6.09 Å². The van der Waals surface area contributed by atoms with Gasteiger partial charge in [-0.3, -0.25) is 14.9 Å². The number of nitrogens with one attached hydrogen (secondary N) is 3. The third kappa shape index (κ3) is 5.35. The summed E-state index contributed by atoms with van der Waals surface area (Å²) < 4.78 is 5.30. The van der Waals surface area contributed by atoms with E-state index in [9.17, 15) is 14.4 Å². The molecule has 3 rings (SSSR count). The molecule has 1 heterocycles. The highest BCUT2D eigenvalue weighted by atomic mass is 16.6. The minimum absolute atomic E-state index is 0.00839. The van der Waals surface area contributed by atoms with E-state index in [-0.39, 0.29) is 16.4 Å². The molecule has 0 aliphatic rings. The third-order valence-electron chi connectivity index (χ3n) is 4.75. The zero-order valence-electron chi connectivity index (χ0n) is 19.3. The summed E-state index contributed by atoms with van der Waals surface area (Å²) in [6.45, 7) is 11.4. The van der Waals surface area contributed by atoms with Gasteiger partial charge in [-0.15, -0.1) is 0 Å². The normalized spacial score (nSPS) is 11.8. The van der Waals surface area contributed by atoms with Crippen LogP contribution in [0.25, 0.3) is 10.9 Å². The predicted octanol–water partition coefficient (Wildman–Crippen LogP) is 5.42. The van der Waals surface area contributed by atoms with Crippen LogP contribution in [0.4, 0.5) is 16.2 Å². The van der Waals surface area contributed by atoms with E-state index in [0.29, 0.717) is 22.3 Å². The Hall–Kier alpha value is -3.61. The van der Waals surface area contributed by atoms with E-state index in [1.54, 1.807) is 51.1 Å². The number of H-pyrrole nitrogens is 1. The Morgan fingerprint density at radius 1 is 0.938 bits per heavy atom. The first-order valence-electron chi connectivity index (χ1n) is 10.4. The maximum absolute atomic E-state index is 13.0. The summed E-state index contributed by atoms with van der Waals surface area (Å²) in [6.07, 6.45) is 0.823. The quantitative estimate of drug-likeness (QED) is 0.511. The molecule has 0 aliphatic heterocycles. The lowest BCUT2D eigenvalue weighted by molar-refractivity contribution is 0.0636. The Bertz CT molecular complexity index is 1230. The fourth-order valence-electron chi connectivity index (χ4n) is 3.33. The third-order valence-corrected chi connectivity index (χ3v) is 4.75. The number of amides is 2. The van der Waals surface area contributed by atoms with Crippen LogP contribution in [0.2, 0.25) is 0 Å². The molecule has 0 atom stereocenters. The lowest BCUT2D eigenvalue weighted by Crippen LogP contribution is -2.27. The number of ether oxygens (including phenoxy) is 1. The molecule has 2 amide bonds. The lowest BCUT2D eigenvalue weighted by Gasteiger charge is -2.24. The van der Waals surface area contributed by atoms with Crippen molar-refractivity contribution in [3.63, 3.8) is 0 Å². The number of rotatable bonds is 3. The number of hydrogen-bond donors (Lipinski definition) is 3. The fourth-order valence-corrected chi connectivity index (χ4v) is 3.33. The second kappa shape index (κ2) is 8.49. The topological polar surface area (TPSA) is 100 Å². The van der Waals surface area contributed by atoms with Crippen molar-refractivity contribution in [1.29, 1.82) is 0 Å². The highest BCUT2D eigenvalue weighted by Gasteiger charge is 2.22. The van der Waals surface area contributed by atoms with Gasteiger partial charge in [0.2, 0.25) is 5.43 Å². The van der Waals surface area contributed by atoms with Gasteiger partial charge in [-0.2, -0.15) is 0 Å². The Kier molecular flexibility index (Phi) is 6.12. The van der Waals surface area contributed by atoms with E-state index >= 15 is 0 Å². The molecule has 0 aliphatic carbocycles. The van der Waals surface area contributed by atoms with Crippen LogP contribution in [0, 0.1) is 0 Å². The minimum Gasteiger partial charge on any atom is -0.444 e. The van der Waals surface area contributed by atoms with Gasteiger partial charge in [0, 0.05) is 28.5 Å². The second-order valence-corrected chi connectivity index (χ2v) is 9.67. The van der Waals surface area contributed by atoms with Crippen LogP contribution >= 0.6 is 0 Å². The second-order valence-electron chi connectivity index (χ2n) is 9.67. The number of anilines is 2. The average molecular weight is 436 g/mol. The summed E-state index contributed by atoms with van der Waals surface area (Å²) >= 11 is 0. The van der Waals surface area contributed by atoms with Gasteiger partial charge in [0.25, 0.3) is 5.91 Å². The van der Waals surface area contributed by atoms with E-state index in [0.717, 1.165) is 5.56 Å². The predicted molar refractivity (Wildman–Crippen MR) is 128 cm³/mol. The molecule has 32 heavy (non-hydrogen) atoms. The summed E-state index contributed by atoms with van der Waals surface area (Å²) in [4.78, 5) is 41.0. The van der Waals surface area contributed by atoms with Gasteiger partial charge in [-0.05, 0) is 56.0 Å². The first kappa shape index (κ1) is 23.1. The standard InChI is InChI=1S/C25H29N3O4/c1-24(2,3)18-12-11-15(27-23(31)32-25(4,5)6)13-20(18)28-22(30)17-14-26-19-10-8-7-9-16(19)21(17)29/h7-14H,1-6H3,(H,26,29)(H,27,31)(H,28,30). The molecule has 0 bridgehead atoms. The number of pyridine rings is 1. The van der Waals surface area contributed by atoms with Crippen molar-refractivity contribution in [3.05, 3.63) is 70.0 Å². The number of carbonyl (C=O) groups is 2. The van der Waals surface area contributed by atoms with Crippen LogP contribution in [0.5, 0.6) is 0 Å². The number of hydrogen-bond acceptors (Lipinski definition) is 4. The Morgan fingerprint density at radius 3 is 2.28 bits per heavy atom. The molecule has 0 saturated carbocycles. The lowest BCUT2D eigenvalue weighted by atomic mass is 9.85. The maximum Gasteiger partial charge on any atom is 0.412 e. The van der Waals surface area contributed by atoms with Gasteiger partial charge in [-0.1, -0.05) is 39.0 Å². The van der Waals surface area contributed by atoms with Crippen molar-refractivity contribution in [2.45, 2.75) is 52.6 Å². The van der Waals surface area contributed by atoms with Crippen LogP contribution in [-0.4, -0.2) is 22.6 Å². The molecule has 2 aromatic carbocycles. The van der Waals surface area contributed by atoms with E-state index in [1.807, 2.05) is 32.9 Å². The Morgan fingerprint density at radius 2 is 1.62 bits per heavy atom. The molecule has 0 radical (unpaired) electrons. The van der Waals surface area contributed by atoms with Gasteiger partial charge in [-0.25, -0.2) is 4.79 Å². The first-order chi connectivity index (χ1) is 14.8. The summed E-state index contributed by atoms with van der Waals surface area (Å²) in [7, 11) is 0. The molecular formula is C25H29N3O4. The van der Waals surface area contributed by atoms with Crippen LogP contribution in [0.15, 0.2) is 53.5 Å². The van der Waals surface area contributed by atoms with Crippen molar-refractivity contribution in [2.24, 2.45) is 0 Å². The molecule has 1 aromatic heterocycles. The molecule has 0 fully saturated rings. The summed E-state index contributed by atoms with van der Waals surface area (Å²) in [5.74, 6) is -0.531. The van der Waals surface area contributed by atoms with Crippen LogP contribution in [0.1, 0.15) is 57.5 Å². The minimum atomic E-state index is -0.635. The Labute approximate surface area is 187 Å². The largest absolute Gasteiger partial charge is 0.444 e. The molecule has 0 unspecified atom stereocenters. The molecular weight excluding hydrogens is 406 g/mol. The van der Waals surface area contributed by atoms with E-state index in [1.165, 1.54) is 6.20 Å². The smallest absolute Gasteiger partial charge is 0.412 e. The molecule has 3 N–H and O–H groups in total. The number of para-hydroxylation sites is 1. The molecule has 7 nitrogen and oxygen atoms in total. The Balaban J connectivity index is 1.95. The van der Waals surface area contributed by atoms with Crippen molar-refractivity contribution >= 4 is 34.3 Å². The highest BCUT2D eigenvalue weighted by Crippen LogP contribution is 2.32. The van der Waals surface area contributed by atoms with E-state index in [2.05, 4.69) is 15.6 Å². The highest BCUT2D eigenvalue weighted by molar-refractivity contribution is 6.06. The number of benzene rings is 2. The average Bonchev–Trinajstić information content (AvgIpc) is 2.66. The monoisotopic (exact) mass is 435 g/mol. The fraction of sp³-hybridized carbons (Fsp3) is 0.320. The molecule has 0 saturated heterocycles. The maximum atomic E-state index is 13.0. The van der Waals surface area contributed by atoms with Crippen molar-refractivity contribution < 1.29 is 14.3 Å². The van der Waals surface area contributed by atoms with E-state index < -0.39 is 17.6 Å². The van der Waals surface area contributed by atoms with Crippen LogP contribution in [-0.2, 0) is 10.2 Å². The van der Waals surface area contributed by atoms with Crippen molar-refractivity contribution in [2.75, 3.05) is 10.6 Å². The molecule has 3 aromatic rings. The number of aromatic nitrogens is 1. The van der Waals surface area contributed by atoms with E-state index in [4.69, 9.17) is 4.74 Å². The zero-order chi connectivity index (χ0) is 23.7. The van der Waals surface area contributed by atoms with Crippen molar-refractivity contribution in [1.82, 2.24) is 4.98 Å². The van der Waals surface area contributed by atoms with Crippen LogP contribution < -0.4 is 16.1 Å². The van der Waals surface area contributed by atoms with Gasteiger partial charge in [0.05, 0.1) is 0 Å².